The van der Waals surface area contributed by atoms with E-state index in [1.807, 2.05) is 25.9 Å². The molecule has 2 bridgehead atoms. The van der Waals surface area contributed by atoms with Gasteiger partial charge in [-0.05, 0) is 52.3 Å². The minimum Gasteiger partial charge on any atom is -0.467 e. The fraction of sp³-hybridized carbons (Fsp3) is 0.579. The second kappa shape index (κ2) is 22.3. The molecule has 0 saturated carbocycles. The molecular formula is C38H56N4O11S. The molecular weight excluding hydrogens is 721 g/mol. The number of allylic oxidation sites excluding steroid dienone is 4. The number of carbonyl (C=O) groups excluding carboxylic acids is 6. The van der Waals surface area contributed by atoms with Crippen LogP contribution < -0.4 is 16.0 Å². The zero-order chi connectivity index (χ0) is 40.7. The van der Waals surface area contributed by atoms with E-state index in [4.69, 9.17) is 18.9 Å². The van der Waals surface area contributed by atoms with Crippen molar-refractivity contribution in [2.45, 2.75) is 77.9 Å². The Kier molecular flexibility index (Phi) is 19.0. The van der Waals surface area contributed by atoms with Gasteiger partial charge in [0, 0.05) is 57.0 Å². The highest BCUT2D eigenvalue weighted by Gasteiger charge is 2.38. The first-order chi connectivity index (χ1) is 25.5. The minimum absolute atomic E-state index is 0.0534. The highest BCUT2D eigenvalue weighted by atomic mass is 32.2. The van der Waals surface area contributed by atoms with Crippen LogP contribution in [0.1, 0.15) is 47.5 Å². The molecule has 54 heavy (non-hydrogen) atoms. The van der Waals surface area contributed by atoms with Gasteiger partial charge in [-0.1, -0.05) is 38.2 Å². The molecule has 0 saturated heterocycles. The number of carbonyl (C=O) groups is 6. The van der Waals surface area contributed by atoms with Crippen molar-refractivity contribution in [1.29, 1.82) is 0 Å². The van der Waals surface area contributed by atoms with Gasteiger partial charge in [0.15, 0.2) is 6.10 Å². The molecule has 16 heteroatoms. The molecule has 4 N–H and O–H groups in total. The molecule has 0 aromatic carbocycles. The van der Waals surface area contributed by atoms with Gasteiger partial charge in [0.2, 0.25) is 17.5 Å². The van der Waals surface area contributed by atoms with Crippen LogP contribution in [0.25, 0.3) is 0 Å². The summed E-state index contributed by atoms with van der Waals surface area (Å²) in [6, 6.07) is -1.16. The van der Waals surface area contributed by atoms with Gasteiger partial charge in [-0.25, -0.2) is 4.79 Å². The first-order valence-electron chi connectivity index (χ1n) is 17.6. The molecule has 0 unspecified atom stereocenters. The Bertz CT molecular complexity index is 1550. The van der Waals surface area contributed by atoms with Crippen LogP contribution in [0.5, 0.6) is 0 Å². The van der Waals surface area contributed by atoms with Crippen molar-refractivity contribution < 1.29 is 52.8 Å². The van der Waals surface area contributed by atoms with E-state index < -0.39 is 65.7 Å². The number of aliphatic hydroxyl groups excluding tert-OH is 1. The van der Waals surface area contributed by atoms with Crippen molar-refractivity contribution in [3.63, 3.8) is 0 Å². The van der Waals surface area contributed by atoms with E-state index in [1.165, 1.54) is 40.2 Å². The topological polar surface area (TPSA) is 199 Å². The third-order valence-electron chi connectivity index (χ3n) is 8.98. The van der Waals surface area contributed by atoms with Gasteiger partial charge < -0.3 is 44.9 Å². The summed E-state index contributed by atoms with van der Waals surface area (Å²) in [4.78, 5) is 80.3. The quantitative estimate of drug-likeness (QED) is 0.0913. The number of hydrogen-bond acceptors (Lipinski definition) is 14. The SMILES string of the molecule is COC(=O)[C@H](CSC1=C2NC(=O)/C(C)=C/C=C\[C@H](OC)[C@@H](OC=O)/C(C)=C/[C@H](C)[C@@H](O)[C@@H](OC)C[C@H](C)CC(=C(NCCN(C)C)C1=O)C2=O)NC(C)=O. The van der Waals surface area contributed by atoms with Crippen LogP contribution >= 0.6 is 11.8 Å². The number of esters is 1. The molecule has 0 spiro atoms. The molecule has 300 valence electrons. The number of nitrogens with zero attached hydrogens (tertiary/aromatic N) is 1. The summed E-state index contributed by atoms with van der Waals surface area (Å²) in [6.07, 6.45) is 3.43. The number of nitrogens with one attached hydrogen (secondary N) is 3. The van der Waals surface area contributed by atoms with Crippen molar-refractivity contribution in [2.24, 2.45) is 11.8 Å². The van der Waals surface area contributed by atoms with E-state index in [0.29, 0.717) is 25.1 Å². The molecule has 7 atom stereocenters. The molecule has 1 aliphatic carbocycles. The number of ketones is 2. The summed E-state index contributed by atoms with van der Waals surface area (Å²) >= 11 is 0.834. The number of thioether (sulfide) groups is 1. The third-order valence-corrected chi connectivity index (χ3v) is 10.2. The Morgan fingerprint density at radius 1 is 1.11 bits per heavy atom. The smallest absolute Gasteiger partial charge is 0.329 e. The molecule has 1 heterocycles. The molecule has 2 rings (SSSR count). The average molecular weight is 777 g/mol. The van der Waals surface area contributed by atoms with E-state index in [9.17, 15) is 33.9 Å². The van der Waals surface area contributed by atoms with Crippen molar-refractivity contribution in [3.8, 4) is 0 Å². The summed E-state index contributed by atoms with van der Waals surface area (Å²) in [5.74, 6) is -4.09. The van der Waals surface area contributed by atoms with Crippen LogP contribution in [0.3, 0.4) is 0 Å². The maximum absolute atomic E-state index is 14.5. The molecule has 1 aliphatic heterocycles. The molecule has 2 amide bonds. The number of methoxy groups -OCH3 is 3. The summed E-state index contributed by atoms with van der Waals surface area (Å²) < 4.78 is 21.6. The Morgan fingerprint density at radius 2 is 1.80 bits per heavy atom. The van der Waals surface area contributed by atoms with Crippen LogP contribution in [0, 0.1) is 11.8 Å². The first kappa shape index (κ1) is 46.1. The van der Waals surface area contributed by atoms with Gasteiger partial charge in [0.25, 0.3) is 12.4 Å². The molecule has 15 nitrogen and oxygen atoms in total. The Morgan fingerprint density at radius 3 is 2.37 bits per heavy atom. The number of aliphatic hydroxyl groups is 1. The van der Waals surface area contributed by atoms with E-state index >= 15 is 0 Å². The molecule has 2 aliphatic rings. The van der Waals surface area contributed by atoms with Crippen LogP contribution in [0.4, 0.5) is 0 Å². The Hall–Kier alpha value is -4.09. The molecule has 0 radical (unpaired) electrons. The normalized spacial score (nSPS) is 28.0. The van der Waals surface area contributed by atoms with Crippen LogP contribution in [0.2, 0.25) is 0 Å². The second-order valence-corrected chi connectivity index (χ2v) is 14.7. The highest BCUT2D eigenvalue weighted by Crippen LogP contribution is 2.35. The summed E-state index contributed by atoms with van der Waals surface area (Å²) in [7, 11) is 7.80. The lowest BCUT2D eigenvalue weighted by Crippen LogP contribution is -2.43. The lowest BCUT2D eigenvalue weighted by molar-refractivity contribution is -0.144. The maximum Gasteiger partial charge on any atom is 0.329 e. The number of likely N-dealkylation sites (N-methyl/N-ethyl adjacent to an activating group) is 1. The first-order valence-corrected chi connectivity index (χ1v) is 18.6. The van der Waals surface area contributed by atoms with Crippen molar-refractivity contribution >= 4 is 47.6 Å². The fourth-order valence-electron chi connectivity index (χ4n) is 6.05. The minimum atomic E-state index is -1.16. The molecule has 0 fully saturated rings. The molecule has 0 aromatic rings. The van der Waals surface area contributed by atoms with E-state index in [0.717, 1.165) is 18.9 Å². The van der Waals surface area contributed by atoms with Gasteiger partial charge >= 0.3 is 5.97 Å². The van der Waals surface area contributed by atoms with Gasteiger partial charge in [0.1, 0.15) is 17.8 Å². The van der Waals surface area contributed by atoms with Gasteiger partial charge in [-0.3, -0.25) is 24.0 Å². The van der Waals surface area contributed by atoms with Crippen LogP contribution in [-0.2, 0) is 47.7 Å². The van der Waals surface area contributed by atoms with Crippen LogP contribution in [-0.4, -0.2) is 131 Å². The monoisotopic (exact) mass is 776 g/mol. The zero-order valence-corrected chi connectivity index (χ0v) is 33.7. The van der Waals surface area contributed by atoms with E-state index in [2.05, 4.69) is 16.0 Å². The van der Waals surface area contributed by atoms with E-state index in [1.54, 1.807) is 26.0 Å². The summed E-state index contributed by atoms with van der Waals surface area (Å²) in [6.45, 7) is 9.32. The predicted octanol–water partition coefficient (Wildman–Crippen LogP) is 1.73. The van der Waals surface area contributed by atoms with Crippen LogP contribution in [0.15, 0.2) is 57.3 Å². The van der Waals surface area contributed by atoms with Gasteiger partial charge in [-0.2, -0.15) is 0 Å². The Labute approximate surface area is 322 Å². The predicted molar refractivity (Wildman–Crippen MR) is 204 cm³/mol. The van der Waals surface area contributed by atoms with E-state index in [-0.39, 0.29) is 52.0 Å². The summed E-state index contributed by atoms with van der Waals surface area (Å²) in [5.41, 5.74) is 0.697. The lowest BCUT2D eigenvalue weighted by atomic mass is 9.85. The van der Waals surface area contributed by atoms with Crippen molar-refractivity contribution in [2.75, 3.05) is 54.3 Å². The van der Waals surface area contributed by atoms with Crippen molar-refractivity contribution in [1.82, 2.24) is 20.9 Å². The largest absolute Gasteiger partial charge is 0.467 e. The maximum atomic E-state index is 14.5. The number of amides is 2. The van der Waals surface area contributed by atoms with Crippen molar-refractivity contribution in [3.05, 3.63) is 57.3 Å². The highest BCUT2D eigenvalue weighted by molar-refractivity contribution is 8.04. The number of fused-ring (bicyclic) bond motifs is 2. The number of Topliss-reactive ketones (excluding diaryl/α,β-unsaturated/α-hetero) is 2. The lowest BCUT2D eigenvalue weighted by Gasteiger charge is -2.30. The number of hydrogen-bond donors (Lipinski definition) is 4. The number of ether oxygens (including phenoxy) is 4. The van der Waals surface area contributed by atoms with Gasteiger partial charge in [-0.15, -0.1) is 11.8 Å². The standard InChI is InChI=1S/C38H56N4O11S/c1-21-16-26-30(39-14-15-42(6)7)34(47)36(54-19-27(38(49)52-10)40-25(5)44)31(33(26)46)41-37(48)22(2)12-11-13-28(50-8)35(53-20-43)24(4)18-23(3)32(45)29(17-21)51-9/h11-13,18,20-21,23,27-29,32,35,39,45H,14-17,19H2,1-10H3,(H,40,44)(H,41,48)/b13-11-,22-12+,24-18+/t21-,23+,27+,28+,29+,32-,35+/m1/s1. The Balaban J connectivity index is 2.82. The molecule has 0 aromatic heterocycles. The average Bonchev–Trinajstić information content (AvgIpc) is 3.12. The zero-order valence-electron chi connectivity index (χ0n) is 32.8. The fourth-order valence-corrected chi connectivity index (χ4v) is 7.12. The van der Waals surface area contributed by atoms with Gasteiger partial charge in [0.05, 0.1) is 29.9 Å². The number of rotatable bonds is 13. The summed E-state index contributed by atoms with van der Waals surface area (Å²) in [5, 5.41) is 19.7. The third kappa shape index (κ3) is 13.0. The second-order valence-electron chi connectivity index (χ2n) is 13.7.